The van der Waals surface area contributed by atoms with Gasteiger partial charge in [0.15, 0.2) is 4.90 Å². The highest BCUT2D eigenvalue weighted by Crippen LogP contribution is 2.36. The Morgan fingerprint density at radius 3 is 2.48 bits per heavy atom. The number of anilines is 1. The number of hydrogen-bond acceptors (Lipinski definition) is 6. The van der Waals surface area contributed by atoms with E-state index in [-0.39, 0.29) is 41.6 Å². The second-order valence-corrected chi connectivity index (χ2v) is 10.5. The van der Waals surface area contributed by atoms with Gasteiger partial charge >= 0.3 is 0 Å². The van der Waals surface area contributed by atoms with Crippen LogP contribution in [0.5, 0.6) is 0 Å². The fraction of sp³-hybridized carbons (Fsp3) is 0.0741. The molecule has 4 N–H and O–H groups in total. The van der Waals surface area contributed by atoms with Gasteiger partial charge in [-0.1, -0.05) is 25.1 Å². The lowest BCUT2D eigenvalue weighted by atomic mass is 10.0. The quantitative estimate of drug-likeness (QED) is 0.264. The summed E-state index contributed by atoms with van der Waals surface area (Å²) < 4.78 is 58.0. The minimum Gasteiger partial charge on any atom is -0.384 e. The number of rotatable bonds is 6. The van der Waals surface area contributed by atoms with Crippen molar-refractivity contribution in [3.63, 3.8) is 0 Å². The van der Waals surface area contributed by atoms with E-state index in [1.54, 1.807) is 29.0 Å². The van der Waals surface area contributed by atoms with E-state index in [4.69, 9.17) is 17.3 Å². The second-order valence-electron chi connectivity index (χ2n) is 8.46. The Morgan fingerprint density at radius 1 is 1.07 bits per heavy atom. The van der Waals surface area contributed by atoms with Crippen molar-refractivity contribution in [3.8, 4) is 11.1 Å². The van der Waals surface area contributed by atoms with Gasteiger partial charge in [0.25, 0.3) is 21.5 Å². The summed E-state index contributed by atoms with van der Waals surface area (Å²) in [5, 5.41) is 0.648. The summed E-state index contributed by atoms with van der Waals surface area (Å²) in [5.74, 6) is -3.79. The third kappa shape index (κ3) is 5.18. The molecular formula is C27H22ClF2N5O4S. The lowest BCUT2D eigenvalue weighted by molar-refractivity contribution is 0.0974. The number of nitrogen functional groups attached to an aromatic ring is 1. The zero-order valence-corrected chi connectivity index (χ0v) is 21.4. The maximum atomic E-state index is 14.4. The van der Waals surface area contributed by atoms with Crippen LogP contribution < -0.4 is 16.0 Å². The number of nitrogens with zero attached hydrogens (tertiary/aromatic N) is 2. The number of benzene rings is 2. The average molecular weight is 586 g/mol. The molecule has 0 atom stereocenters. The van der Waals surface area contributed by atoms with E-state index in [0.29, 0.717) is 16.5 Å². The van der Waals surface area contributed by atoms with E-state index in [1.165, 1.54) is 35.2 Å². The molecule has 0 radical (unpaired) electrons. The first-order chi connectivity index (χ1) is 18.6. The highest BCUT2D eigenvalue weighted by molar-refractivity contribution is 7.90. The molecule has 0 fully saturated rings. The molecular weight excluding hydrogens is 564 g/mol. The van der Waals surface area contributed by atoms with Crippen LogP contribution in [0, 0.1) is 11.6 Å². The normalized spacial score (nSPS) is 11.3. The summed E-state index contributed by atoms with van der Waals surface area (Å²) in [6, 6.07) is 13.4. The molecule has 2 aromatic carbocycles. The van der Waals surface area contributed by atoms with Crippen molar-refractivity contribution in [3.05, 3.63) is 111 Å². The van der Waals surface area contributed by atoms with Crippen LogP contribution in [0.15, 0.2) is 82.7 Å². The number of carbonyl (C=O) groups is 1. The first kappa shape index (κ1) is 28.5. The van der Waals surface area contributed by atoms with Gasteiger partial charge < -0.3 is 15.3 Å². The van der Waals surface area contributed by atoms with Gasteiger partial charge in [-0.15, -0.1) is 0 Å². The Morgan fingerprint density at radius 2 is 1.80 bits per heavy atom. The number of aromatic nitrogens is 3. The van der Waals surface area contributed by atoms with Crippen molar-refractivity contribution >= 4 is 44.3 Å². The van der Waals surface area contributed by atoms with E-state index < -0.39 is 38.0 Å². The minimum absolute atomic E-state index is 0. The van der Waals surface area contributed by atoms with Crippen LogP contribution in [-0.4, -0.2) is 28.9 Å². The second kappa shape index (κ2) is 10.9. The van der Waals surface area contributed by atoms with Crippen LogP contribution in [0.4, 0.5) is 14.6 Å². The summed E-state index contributed by atoms with van der Waals surface area (Å²) in [6.45, 7) is -0.00749. The molecule has 9 nitrogen and oxygen atoms in total. The molecule has 3 aromatic heterocycles. The molecule has 0 saturated heterocycles. The number of amides is 1. The highest BCUT2D eigenvalue weighted by atomic mass is 35.5. The molecule has 0 spiro atoms. The van der Waals surface area contributed by atoms with Crippen molar-refractivity contribution in [2.24, 2.45) is 0 Å². The van der Waals surface area contributed by atoms with Crippen LogP contribution >= 0.6 is 11.6 Å². The molecule has 0 saturated carbocycles. The first-order valence-electron chi connectivity index (χ1n) is 11.3. The zero-order valence-electron chi connectivity index (χ0n) is 19.8. The van der Waals surface area contributed by atoms with Gasteiger partial charge in [0.2, 0.25) is 0 Å². The predicted molar refractivity (Wildman–Crippen MR) is 148 cm³/mol. The molecule has 0 bridgehead atoms. The van der Waals surface area contributed by atoms with Gasteiger partial charge in [-0.3, -0.25) is 9.59 Å². The molecule has 206 valence electrons. The number of nitrogens with one attached hydrogen (secondary N) is 2. The van der Waals surface area contributed by atoms with Crippen LogP contribution in [0.1, 0.15) is 23.5 Å². The van der Waals surface area contributed by atoms with Crippen molar-refractivity contribution in [1.82, 2.24) is 19.3 Å². The number of halogens is 3. The molecule has 5 aromatic rings. The number of aromatic amines is 1. The van der Waals surface area contributed by atoms with Gasteiger partial charge in [-0.05, 0) is 60.2 Å². The summed E-state index contributed by atoms with van der Waals surface area (Å²) >= 11 is 6.26. The number of hydrogen-bond donors (Lipinski definition) is 3. The molecule has 3 heterocycles. The largest absolute Gasteiger partial charge is 0.384 e. The minimum atomic E-state index is -5.02. The van der Waals surface area contributed by atoms with E-state index in [2.05, 4.69) is 9.97 Å². The molecule has 40 heavy (non-hydrogen) atoms. The monoisotopic (exact) mass is 585 g/mol. The van der Waals surface area contributed by atoms with Crippen LogP contribution in [-0.2, 0) is 16.6 Å². The predicted octanol–water partition coefficient (Wildman–Crippen LogP) is 4.71. The number of carbonyl (C=O) groups excluding carboxylic acids is 1. The summed E-state index contributed by atoms with van der Waals surface area (Å²) in [5.41, 5.74) is 6.12. The van der Waals surface area contributed by atoms with Gasteiger partial charge in [0, 0.05) is 46.0 Å². The third-order valence-electron chi connectivity index (χ3n) is 5.93. The molecule has 0 aliphatic rings. The van der Waals surface area contributed by atoms with Gasteiger partial charge in [0.05, 0.1) is 0 Å². The van der Waals surface area contributed by atoms with E-state index in [0.717, 1.165) is 18.2 Å². The molecule has 0 aliphatic carbocycles. The van der Waals surface area contributed by atoms with Crippen LogP contribution in [0.3, 0.4) is 0 Å². The average Bonchev–Trinajstić information content (AvgIpc) is 3.16. The fourth-order valence-electron chi connectivity index (χ4n) is 4.35. The Bertz CT molecular complexity index is 1920. The van der Waals surface area contributed by atoms with Crippen molar-refractivity contribution in [1.29, 1.82) is 0 Å². The van der Waals surface area contributed by atoms with E-state index in [1.807, 2.05) is 0 Å². The van der Waals surface area contributed by atoms with Gasteiger partial charge in [-0.25, -0.2) is 26.9 Å². The number of sulfonamides is 1. The zero-order chi connectivity index (χ0) is 27.9. The lowest BCUT2D eigenvalue weighted by Crippen LogP contribution is -2.34. The molecule has 0 unspecified atom stereocenters. The maximum absolute atomic E-state index is 14.4. The van der Waals surface area contributed by atoms with Gasteiger partial charge in [-0.2, -0.15) is 0 Å². The highest BCUT2D eigenvalue weighted by Gasteiger charge is 2.31. The fourth-order valence-corrected chi connectivity index (χ4v) is 5.62. The summed E-state index contributed by atoms with van der Waals surface area (Å²) in [6.07, 6.45) is 2.85. The number of fused-ring (bicyclic) bond motifs is 1. The van der Waals surface area contributed by atoms with Crippen molar-refractivity contribution in [2.45, 2.75) is 18.9 Å². The summed E-state index contributed by atoms with van der Waals surface area (Å²) in [4.78, 5) is 31.8. The van der Waals surface area contributed by atoms with Crippen LogP contribution in [0.25, 0.3) is 22.0 Å². The maximum Gasteiger partial charge on any atom is 0.282 e. The molecule has 0 aliphatic heterocycles. The van der Waals surface area contributed by atoms with Gasteiger partial charge in [0.1, 0.15) is 23.1 Å². The third-order valence-corrected chi connectivity index (χ3v) is 7.55. The Balaban J connectivity index is 0.00000370. The topological polar surface area (TPSA) is 140 Å². The number of H-pyrrole nitrogens is 1. The van der Waals surface area contributed by atoms with Crippen LogP contribution in [0.2, 0.25) is 5.02 Å². The smallest absolute Gasteiger partial charge is 0.282 e. The van der Waals surface area contributed by atoms with E-state index >= 15 is 0 Å². The lowest BCUT2D eigenvalue weighted by Gasteiger charge is -2.14. The van der Waals surface area contributed by atoms with E-state index in [9.17, 15) is 26.8 Å². The Hall–Kier alpha value is -4.55. The Labute approximate surface area is 232 Å². The number of nitrogens with two attached hydrogens (primary N) is 1. The number of pyridine rings is 2. The molecule has 13 heteroatoms. The summed E-state index contributed by atoms with van der Waals surface area (Å²) in [7, 11) is -5.02. The van der Waals surface area contributed by atoms with Crippen molar-refractivity contribution in [2.75, 3.05) is 5.73 Å². The molecule has 5 rings (SSSR count). The standard InChI is InChI=1S/C26H18ClF2N5O4S.CH4/c27-15-6-7-20-17(12-15)22(16-3-2-9-32-25(16)35)23(34(20)13-14-8-10-31-21(30)11-14)26(36)33-39(37,38)24-18(28)4-1-5-19(24)29;/h1-12H,13H2,(H2,30,31)(H,32,35)(H,33,36);1H4. The molecule has 1 amide bonds. The SMILES string of the molecule is C.Nc1cc(Cn2c(C(=O)NS(=O)(=O)c3c(F)cccc3F)c(-c3ccc[nH]c3=O)c3cc(Cl)ccc32)ccn1. The Kier molecular flexibility index (Phi) is 7.76. The van der Waals surface area contributed by atoms with Crippen molar-refractivity contribution < 1.29 is 22.0 Å². The first-order valence-corrected chi connectivity index (χ1v) is 13.1.